The number of rotatable bonds is 4. The molecule has 0 radical (unpaired) electrons. The Balaban J connectivity index is 2.31. The molecule has 0 aromatic carbocycles. The number of fused-ring (bicyclic) bond motifs is 1. The lowest BCUT2D eigenvalue weighted by atomic mass is 9.98. The van der Waals surface area contributed by atoms with Gasteiger partial charge in [-0.25, -0.2) is 0 Å². The van der Waals surface area contributed by atoms with Crippen LogP contribution in [0.15, 0.2) is 0 Å². The van der Waals surface area contributed by atoms with E-state index in [4.69, 9.17) is 28.4 Å². The highest BCUT2D eigenvalue weighted by Gasteiger charge is 2.59. The van der Waals surface area contributed by atoms with Gasteiger partial charge in [0, 0.05) is 27.7 Å². The summed E-state index contributed by atoms with van der Waals surface area (Å²) in [5.74, 6) is -3.49. The molecule has 0 aromatic rings. The molecule has 6 atom stereocenters. The van der Waals surface area contributed by atoms with Crippen molar-refractivity contribution < 1.29 is 42.8 Å². The van der Waals surface area contributed by atoms with Crippen LogP contribution in [0.5, 0.6) is 0 Å². The maximum absolute atomic E-state index is 11.5. The minimum atomic E-state index is -1.62. The molecule has 2 aliphatic heterocycles. The number of esters is 3. The third-order valence-electron chi connectivity index (χ3n) is 3.55. The fourth-order valence-corrected chi connectivity index (χ4v) is 2.65. The van der Waals surface area contributed by atoms with E-state index in [9.17, 15) is 19.6 Å². The Morgan fingerprint density at radius 2 is 1.64 bits per heavy atom. The van der Waals surface area contributed by atoms with Gasteiger partial charge in [-0.15, -0.1) is 0 Å². The largest absolute Gasteiger partial charge is 0.463 e. The second kappa shape index (κ2) is 7.35. The third-order valence-corrected chi connectivity index (χ3v) is 3.55. The van der Waals surface area contributed by atoms with E-state index in [0.717, 1.165) is 0 Å². The van der Waals surface area contributed by atoms with Gasteiger partial charge in [-0.05, 0) is 0 Å². The lowest BCUT2D eigenvalue weighted by molar-refractivity contribution is -0.265. The van der Waals surface area contributed by atoms with E-state index in [1.807, 2.05) is 6.07 Å². The Labute approximate surface area is 143 Å². The molecule has 25 heavy (non-hydrogen) atoms. The highest BCUT2D eigenvalue weighted by molar-refractivity contribution is 5.67. The molecule has 0 saturated carbocycles. The van der Waals surface area contributed by atoms with Crippen molar-refractivity contribution in [3.63, 3.8) is 0 Å². The van der Waals surface area contributed by atoms with Crippen LogP contribution in [0, 0.1) is 11.3 Å². The number of nitrogens with zero attached hydrogens (tertiary/aromatic N) is 1. The first-order valence-corrected chi connectivity index (χ1v) is 7.55. The van der Waals surface area contributed by atoms with Crippen molar-refractivity contribution in [3.05, 3.63) is 0 Å². The van der Waals surface area contributed by atoms with Crippen molar-refractivity contribution in [1.82, 2.24) is 0 Å². The SMILES string of the molecule is CC(=O)OCC1O[C@@H]2O[C@@](C)(C#N)OC2[C@@H](OC(C)=O)[C@@H]1OC(C)=O. The van der Waals surface area contributed by atoms with Gasteiger partial charge in [-0.1, -0.05) is 0 Å². The van der Waals surface area contributed by atoms with Crippen LogP contribution in [0.2, 0.25) is 0 Å². The van der Waals surface area contributed by atoms with Crippen LogP contribution in [0.4, 0.5) is 0 Å². The molecule has 0 aliphatic carbocycles. The molecule has 2 fully saturated rings. The summed E-state index contributed by atoms with van der Waals surface area (Å²) < 4.78 is 31.9. The van der Waals surface area contributed by atoms with E-state index in [1.54, 1.807) is 0 Å². The van der Waals surface area contributed by atoms with Gasteiger partial charge in [0.15, 0.2) is 24.6 Å². The van der Waals surface area contributed by atoms with E-state index in [0.29, 0.717) is 0 Å². The summed E-state index contributed by atoms with van der Waals surface area (Å²) in [5, 5.41) is 9.18. The van der Waals surface area contributed by atoms with Gasteiger partial charge in [0.25, 0.3) is 5.79 Å². The Kier molecular flexibility index (Phi) is 5.62. The maximum atomic E-state index is 11.5. The van der Waals surface area contributed by atoms with Gasteiger partial charge < -0.3 is 28.4 Å². The van der Waals surface area contributed by atoms with Gasteiger partial charge in [-0.3, -0.25) is 14.4 Å². The van der Waals surface area contributed by atoms with Gasteiger partial charge in [0.2, 0.25) is 0 Å². The van der Waals surface area contributed by atoms with Crippen molar-refractivity contribution in [2.75, 3.05) is 6.61 Å². The summed E-state index contributed by atoms with van der Waals surface area (Å²) >= 11 is 0. The Morgan fingerprint density at radius 3 is 2.16 bits per heavy atom. The second-order valence-electron chi connectivity index (χ2n) is 5.75. The number of ether oxygens (including phenoxy) is 6. The van der Waals surface area contributed by atoms with E-state index in [-0.39, 0.29) is 6.61 Å². The van der Waals surface area contributed by atoms with Crippen molar-refractivity contribution in [3.8, 4) is 6.07 Å². The average Bonchev–Trinajstić information content (AvgIpc) is 2.84. The predicted octanol–water partition coefficient (Wildman–Crippen LogP) is -0.207. The second-order valence-corrected chi connectivity index (χ2v) is 5.75. The van der Waals surface area contributed by atoms with E-state index >= 15 is 0 Å². The standard InChI is InChI=1S/C15H19NO9/c1-7(17)20-5-10-11(21-8(2)18)12(22-9(3)19)13-14(23-10)25-15(4,6-16)24-13/h10-14H,5H2,1-4H3/t10?,11-,12+,13?,14-,15+/m1/s1. The summed E-state index contributed by atoms with van der Waals surface area (Å²) in [4.78, 5) is 34.0. The minimum Gasteiger partial charge on any atom is -0.463 e. The third kappa shape index (κ3) is 4.45. The fraction of sp³-hybridized carbons (Fsp3) is 0.733. The van der Waals surface area contributed by atoms with Gasteiger partial charge in [0.05, 0.1) is 0 Å². The Bertz CT molecular complexity index is 600. The van der Waals surface area contributed by atoms with E-state index in [2.05, 4.69) is 0 Å². The Hall–Kier alpha value is -2.22. The van der Waals surface area contributed by atoms with E-state index < -0.39 is 54.4 Å². The maximum Gasteiger partial charge on any atom is 0.303 e. The lowest BCUT2D eigenvalue weighted by Crippen LogP contribution is -2.60. The number of hydrogen-bond donors (Lipinski definition) is 0. The molecule has 0 bridgehead atoms. The topological polar surface area (TPSA) is 130 Å². The monoisotopic (exact) mass is 357 g/mol. The van der Waals surface area contributed by atoms with Gasteiger partial charge >= 0.3 is 17.9 Å². The predicted molar refractivity (Wildman–Crippen MR) is 76.4 cm³/mol. The molecule has 0 amide bonds. The summed E-state index contributed by atoms with van der Waals surface area (Å²) in [7, 11) is 0. The normalized spacial score (nSPS) is 36.7. The van der Waals surface area contributed by atoms with Crippen molar-refractivity contribution in [2.45, 2.75) is 64.2 Å². The van der Waals surface area contributed by atoms with Crippen LogP contribution in [-0.4, -0.2) is 61.0 Å². The quantitative estimate of drug-likeness (QED) is 0.492. The molecule has 138 valence electrons. The number of hydrogen-bond acceptors (Lipinski definition) is 10. The lowest BCUT2D eigenvalue weighted by Gasteiger charge is -2.40. The van der Waals surface area contributed by atoms with Crippen LogP contribution < -0.4 is 0 Å². The Morgan fingerprint density at radius 1 is 1.04 bits per heavy atom. The first kappa shape index (κ1) is 19.1. The van der Waals surface area contributed by atoms with Gasteiger partial charge in [0.1, 0.15) is 18.8 Å². The first-order chi connectivity index (χ1) is 11.6. The van der Waals surface area contributed by atoms with Crippen LogP contribution in [-0.2, 0) is 42.8 Å². The molecule has 10 nitrogen and oxygen atoms in total. The molecule has 2 heterocycles. The fourth-order valence-electron chi connectivity index (χ4n) is 2.65. The summed E-state index contributed by atoms with van der Waals surface area (Å²) in [5.41, 5.74) is 0. The molecule has 2 rings (SSSR count). The molecule has 2 saturated heterocycles. The molecular formula is C15H19NO9. The number of carbonyl (C=O) groups excluding carboxylic acids is 3. The summed E-state index contributed by atoms with van der Waals surface area (Å²) in [6, 6.07) is 1.83. The highest BCUT2D eigenvalue weighted by atomic mass is 16.8. The number of nitriles is 1. The highest BCUT2D eigenvalue weighted by Crippen LogP contribution is 2.38. The molecule has 2 unspecified atom stereocenters. The molecule has 0 N–H and O–H groups in total. The zero-order chi connectivity index (χ0) is 18.8. The van der Waals surface area contributed by atoms with E-state index in [1.165, 1.54) is 27.7 Å². The summed E-state index contributed by atoms with van der Waals surface area (Å²) in [6.45, 7) is 4.67. The molecule has 0 aromatic heterocycles. The molecule has 0 spiro atoms. The van der Waals surface area contributed by atoms with Crippen LogP contribution in [0.3, 0.4) is 0 Å². The van der Waals surface area contributed by atoms with Crippen LogP contribution >= 0.6 is 0 Å². The number of carbonyl (C=O) groups is 3. The summed E-state index contributed by atoms with van der Waals surface area (Å²) in [6.07, 6.45) is -5.24. The minimum absolute atomic E-state index is 0.263. The zero-order valence-corrected chi connectivity index (χ0v) is 14.2. The van der Waals surface area contributed by atoms with Crippen LogP contribution in [0.25, 0.3) is 0 Å². The smallest absolute Gasteiger partial charge is 0.303 e. The van der Waals surface area contributed by atoms with Gasteiger partial charge in [-0.2, -0.15) is 5.26 Å². The van der Waals surface area contributed by atoms with Crippen LogP contribution in [0.1, 0.15) is 27.7 Å². The van der Waals surface area contributed by atoms with Crippen molar-refractivity contribution in [1.29, 1.82) is 5.26 Å². The average molecular weight is 357 g/mol. The zero-order valence-electron chi connectivity index (χ0n) is 14.2. The molecule has 10 heteroatoms. The van der Waals surface area contributed by atoms with Crippen molar-refractivity contribution >= 4 is 17.9 Å². The van der Waals surface area contributed by atoms with Crippen molar-refractivity contribution in [2.24, 2.45) is 0 Å². The molecular weight excluding hydrogens is 338 g/mol. The molecule has 2 aliphatic rings. The first-order valence-electron chi connectivity index (χ1n) is 7.55.